The standard InChI is InChI=1S/C11H16N4/c1-15-11(7-10(14-15)4-5-12)9-3-2-6-13-8-9/h2-3,6,8,11H,4-5,7,12H2,1H3. The topological polar surface area (TPSA) is 54.5 Å². The third kappa shape index (κ3) is 2.15. The molecule has 15 heavy (non-hydrogen) atoms. The fourth-order valence-electron chi connectivity index (χ4n) is 1.91. The molecule has 0 fully saturated rings. The van der Waals surface area contributed by atoms with E-state index in [1.54, 1.807) is 6.20 Å². The van der Waals surface area contributed by atoms with Crippen LogP contribution in [0.15, 0.2) is 29.6 Å². The molecule has 0 spiro atoms. The molecule has 1 aromatic heterocycles. The van der Waals surface area contributed by atoms with E-state index in [2.05, 4.69) is 16.2 Å². The molecule has 0 radical (unpaired) electrons. The molecule has 0 amide bonds. The van der Waals surface area contributed by atoms with Crippen LogP contribution in [0.2, 0.25) is 0 Å². The molecule has 1 atom stereocenters. The summed E-state index contributed by atoms with van der Waals surface area (Å²) in [7, 11) is 2.00. The molecule has 0 aromatic carbocycles. The summed E-state index contributed by atoms with van der Waals surface area (Å²) in [5.41, 5.74) is 7.93. The first kappa shape index (κ1) is 10.1. The first-order valence-corrected chi connectivity index (χ1v) is 5.20. The van der Waals surface area contributed by atoms with Crippen LogP contribution in [0.4, 0.5) is 0 Å². The van der Waals surface area contributed by atoms with Gasteiger partial charge in [0.05, 0.1) is 6.04 Å². The van der Waals surface area contributed by atoms with Crippen molar-refractivity contribution in [3.05, 3.63) is 30.1 Å². The van der Waals surface area contributed by atoms with E-state index in [-0.39, 0.29) is 0 Å². The van der Waals surface area contributed by atoms with E-state index in [9.17, 15) is 0 Å². The van der Waals surface area contributed by atoms with Crippen LogP contribution in [0.5, 0.6) is 0 Å². The lowest BCUT2D eigenvalue weighted by molar-refractivity contribution is 0.289. The van der Waals surface area contributed by atoms with Gasteiger partial charge in [0.15, 0.2) is 0 Å². The van der Waals surface area contributed by atoms with Gasteiger partial charge >= 0.3 is 0 Å². The van der Waals surface area contributed by atoms with Crippen molar-refractivity contribution in [1.82, 2.24) is 9.99 Å². The molecule has 80 valence electrons. The van der Waals surface area contributed by atoms with Crippen LogP contribution in [-0.4, -0.2) is 29.3 Å². The zero-order chi connectivity index (χ0) is 10.7. The molecule has 1 aromatic rings. The maximum atomic E-state index is 5.53. The van der Waals surface area contributed by atoms with Gasteiger partial charge in [-0.3, -0.25) is 9.99 Å². The Hall–Kier alpha value is -1.42. The second-order valence-electron chi connectivity index (χ2n) is 3.78. The summed E-state index contributed by atoms with van der Waals surface area (Å²) in [6, 6.07) is 4.39. The Labute approximate surface area is 89.8 Å². The molecule has 2 rings (SSSR count). The molecule has 4 heteroatoms. The third-order valence-corrected chi connectivity index (χ3v) is 2.68. The van der Waals surface area contributed by atoms with Crippen molar-refractivity contribution in [2.45, 2.75) is 18.9 Å². The predicted octanol–water partition coefficient (Wildman–Crippen LogP) is 1.16. The van der Waals surface area contributed by atoms with Crippen molar-refractivity contribution in [3.8, 4) is 0 Å². The van der Waals surface area contributed by atoms with Gasteiger partial charge in [0.2, 0.25) is 0 Å². The summed E-state index contributed by atoms with van der Waals surface area (Å²) in [6.45, 7) is 0.673. The molecule has 0 aliphatic carbocycles. The van der Waals surface area contributed by atoms with Gasteiger partial charge in [-0.2, -0.15) is 5.10 Å². The maximum Gasteiger partial charge on any atom is 0.0784 e. The number of nitrogens with zero attached hydrogens (tertiary/aromatic N) is 3. The third-order valence-electron chi connectivity index (χ3n) is 2.68. The van der Waals surface area contributed by atoms with Gasteiger partial charge in [0.25, 0.3) is 0 Å². The Kier molecular flexibility index (Phi) is 2.97. The monoisotopic (exact) mass is 204 g/mol. The fraction of sp³-hybridized carbons (Fsp3) is 0.455. The number of hydrogen-bond donors (Lipinski definition) is 1. The van der Waals surface area contributed by atoms with Crippen molar-refractivity contribution >= 4 is 5.71 Å². The van der Waals surface area contributed by atoms with Crippen LogP contribution >= 0.6 is 0 Å². The molecule has 0 bridgehead atoms. The van der Waals surface area contributed by atoms with Crippen molar-refractivity contribution < 1.29 is 0 Å². The predicted molar refractivity (Wildman–Crippen MR) is 60.5 cm³/mol. The minimum atomic E-state index is 0.334. The Balaban J connectivity index is 2.09. The second kappa shape index (κ2) is 4.40. The lowest BCUT2D eigenvalue weighted by Crippen LogP contribution is -2.14. The fourth-order valence-corrected chi connectivity index (χ4v) is 1.91. The number of rotatable bonds is 3. The Morgan fingerprint density at radius 3 is 3.13 bits per heavy atom. The SMILES string of the molecule is CN1N=C(CCN)CC1c1cccnc1. The zero-order valence-electron chi connectivity index (χ0n) is 8.93. The molecule has 1 aliphatic heterocycles. The number of nitrogens with two attached hydrogens (primary N) is 1. The average molecular weight is 204 g/mol. The lowest BCUT2D eigenvalue weighted by Gasteiger charge is -2.18. The molecule has 4 nitrogen and oxygen atoms in total. The Morgan fingerprint density at radius 1 is 1.60 bits per heavy atom. The minimum Gasteiger partial charge on any atom is -0.330 e. The van der Waals surface area contributed by atoms with E-state index < -0.39 is 0 Å². The summed E-state index contributed by atoms with van der Waals surface area (Å²) >= 11 is 0. The van der Waals surface area contributed by atoms with E-state index in [1.807, 2.05) is 24.3 Å². The van der Waals surface area contributed by atoms with E-state index in [1.165, 1.54) is 11.3 Å². The van der Waals surface area contributed by atoms with Crippen molar-refractivity contribution in [1.29, 1.82) is 0 Å². The summed E-state index contributed by atoms with van der Waals surface area (Å²) < 4.78 is 0. The molecular weight excluding hydrogens is 188 g/mol. The number of aromatic nitrogens is 1. The van der Waals surface area contributed by atoms with E-state index in [0.29, 0.717) is 12.6 Å². The van der Waals surface area contributed by atoms with E-state index >= 15 is 0 Å². The average Bonchev–Trinajstić information content (AvgIpc) is 2.61. The smallest absolute Gasteiger partial charge is 0.0784 e. The second-order valence-corrected chi connectivity index (χ2v) is 3.78. The van der Waals surface area contributed by atoms with Gasteiger partial charge in [0, 0.05) is 31.6 Å². The molecule has 0 saturated carbocycles. The van der Waals surface area contributed by atoms with Gasteiger partial charge in [0.1, 0.15) is 0 Å². The summed E-state index contributed by atoms with van der Waals surface area (Å²) in [6.07, 6.45) is 5.56. The summed E-state index contributed by atoms with van der Waals surface area (Å²) in [5, 5.41) is 6.48. The molecule has 0 saturated heterocycles. The first-order chi connectivity index (χ1) is 7.31. The first-order valence-electron chi connectivity index (χ1n) is 5.20. The van der Waals surface area contributed by atoms with Crippen LogP contribution in [-0.2, 0) is 0 Å². The Bertz CT molecular complexity index is 347. The Morgan fingerprint density at radius 2 is 2.47 bits per heavy atom. The van der Waals surface area contributed by atoms with E-state index in [0.717, 1.165) is 12.8 Å². The highest BCUT2D eigenvalue weighted by Crippen LogP contribution is 2.28. The normalized spacial score (nSPS) is 20.5. The lowest BCUT2D eigenvalue weighted by atomic mass is 10.0. The molecule has 2 heterocycles. The van der Waals surface area contributed by atoms with Crippen molar-refractivity contribution in [2.75, 3.05) is 13.6 Å². The number of hydrogen-bond acceptors (Lipinski definition) is 4. The largest absolute Gasteiger partial charge is 0.330 e. The highest BCUT2D eigenvalue weighted by molar-refractivity contribution is 5.86. The van der Waals surface area contributed by atoms with Gasteiger partial charge in [-0.25, -0.2) is 0 Å². The van der Waals surface area contributed by atoms with Crippen LogP contribution < -0.4 is 5.73 Å². The van der Waals surface area contributed by atoms with E-state index in [4.69, 9.17) is 5.73 Å². The minimum absolute atomic E-state index is 0.334. The van der Waals surface area contributed by atoms with Crippen LogP contribution in [0.1, 0.15) is 24.4 Å². The zero-order valence-corrected chi connectivity index (χ0v) is 8.93. The number of hydrazone groups is 1. The summed E-state index contributed by atoms with van der Waals surface area (Å²) in [4.78, 5) is 4.13. The number of pyridine rings is 1. The van der Waals surface area contributed by atoms with Crippen molar-refractivity contribution in [3.63, 3.8) is 0 Å². The molecule has 1 aliphatic rings. The van der Waals surface area contributed by atoms with Gasteiger partial charge in [-0.05, 0) is 24.6 Å². The van der Waals surface area contributed by atoms with Gasteiger partial charge in [-0.15, -0.1) is 0 Å². The van der Waals surface area contributed by atoms with Crippen LogP contribution in [0.25, 0.3) is 0 Å². The summed E-state index contributed by atoms with van der Waals surface area (Å²) in [5.74, 6) is 0. The highest BCUT2D eigenvalue weighted by Gasteiger charge is 2.24. The maximum absolute atomic E-state index is 5.53. The van der Waals surface area contributed by atoms with Crippen molar-refractivity contribution in [2.24, 2.45) is 10.8 Å². The molecule has 2 N–H and O–H groups in total. The van der Waals surface area contributed by atoms with Gasteiger partial charge < -0.3 is 5.73 Å². The van der Waals surface area contributed by atoms with Crippen LogP contribution in [0, 0.1) is 0 Å². The van der Waals surface area contributed by atoms with Gasteiger partial charge in [-0.1, -0.05) is 6.07 Å². The van der Waals surface area contributed by atoms with Crippen LogP contribution in [0.3, 0.4) is 0 Å². The molecular formula is C11H16N4. The highest BCUT2D eigenvalue weighted by atomic mass is 15.5. The quantitative estimate of drug-likeness (QED) is 0.804. The molecule has 1 unspecified atom stereocenters.